The second-order valence-corrected chi connectivity index (χ2v) is 6.11. The molecule has 1 unspecified atom stereocenters. The summed E-state index contributed by atoms with van der Waals surface area (Å²) >= 11 is 0. The van der Waals surface area contributed by atoms with E-state index >= 15 is 0 Å². The number of nitrogens with one attached hydrogen (secondary N) is 1. The molecule has 1 atom stereocenters. The van der Waals surface area contributed by atoms with Gasteiger partial charge in [0.05, 0.1) is 0 Å². The van der Waals surface area contributed by atoms with Gasteiger partial charge in [-0.3, -0.25) is 0 Å². The van der Waals surface area contributed by atoms with Crippen molar-refractivity contribution in [3.8, 4) is 0 Å². The zero-order chi connectivity index (χ0) is 14.0. The maximum absolute atomic E-state index is 11.7. The van der Waals surface area contributed by atoms with Gasteiger partial charge in [0, 0.05) is 11.7 Å². The van der Waals surface area contributed by atoms with Crippen LogP contribution in [0.5, 0.6) is 0 Å². The molecule has 0 bridgehead atoms. The van der Waals surface area contributed by atoms with E-state index < -0.39 is 5.60 Å². The van der Waals surface area contributed by atoms with E-state index in [1.165, 1.54) is 11.1 Å². The van der Waals surface area contributed by atoms with Crippen LogP contribution in [0.4, 0.5) is 10.5 Å². The Balaban J connectivity index is 1.96. The highest BCUT2D eigenvalue weighted by atomic mass is 16.6. The molecule has 0 aromatic heterocycles. The molecule has 0 saturated heterocycles. The normalized spacial score (nSPS) is 18.6. The molecule has 0 heterocycles. The van der Waals surface area contributed by atoms with Crippen LogP contribution in [0, 0.1) is 0 Å². The highest BCUT2D eigenvalue weighted by Crippen LogP contribution is 2.23. The second-order valence-electron chi connectivity index (χ2n) is 6.11. The lowest BCUT2D eigenvalue weighted by molar-refractivity contribution is 0.0500. The molecule has 1 aliphatic carbocycles. The fourth-order valence-electron chi connectivity index (χ4n) is 2.37. The Bertz CT molecular complexity index is 478. The van der Waals surface area contributed by atoms with Crippen LogP contribution in [0.3, 0.4) is 0 Å². The lowest BCUT2D eigenvalue weighted by Crippen LogP contribution is -2.41. The van der Waals surface area contributed by atoms with E-state index in [2.05, 4.69) is 11.4 Å². The molecular formula is C15H22N2O2. The summed E-state index contributed by atoms with van der Waals surface area (Å²) in [5, 5.41) is 2.93. The third-order valence-electron chi connectivity index (χ3n) is 3.18. The molecule has 0 fully saturated rings. The first-order valence-electron chi connectivity index (χ1n) is 6.70. The predicted molar refractivity (Wildman–Crippen MR) is 76.0 cm³/mol. The monoisotopic (exact) mass is 262 g/mol. The Morgan fingerprint density at radius 2 is 2.11 bits per heavy atom. The first kappa shape index (κ1) is 13.7. The number of ether oxygens (including phenoxy) is 1. The zero-order valence-electron chi connectivity index (χ0n) is 11.8. The molecule has 4 nitrogen and oxygen atoms in total. The molecule has 0 radical (unpaired) electrons. The number of hydrogen-bond donors (Lipinski definition) is 2. The largest absolute Gasteiger partial charge is 0.444 e. The highest BCUT2D eigenvalue weighted by Gasteiger charge is 2.23. The lowest BCUT2D eigenvalue weighted by Gasteiger charge is -2.27. The SMILES string of the molecule is CC(C)(C)OC(=O)NC1CCc2ccc(N)cc2C1. The van der Waals surface area contributed by atoms with Crippen molar-refractivity contribution in [2.24, 2.45) is 0 Å². The third kappa shape index (κ3) is 3.88. The van der Waals surface area contributed by atoms with Crippen molar-refractivity contribution in [2.75, 3.05) is 5.73 Å². The molecule has 1 aliphatic rings. The Morgan fingerprint density at radius 1 is 1.37 bits per heavy atom. The van der Waals surface area contributed by atoms with Crippen molar-refractivity contribution in [1.82, 2.24) is 5.32 Å². The minimum Gasteiger partial charge on any atom is -0.444 e. The van der Waals surface area contributed by atoms with Gasteiger partial charge in [0.2, 0.25) is 0 Å². The molecule has 104 valence electrons. The molecule has 0 spiro atoms. The standard InChI is InChI=1S/C15H22N2O2/c1-15(2,3)19-14(18)17-13-7-5-10-4-6-12(16)8-11(10)9-13/h4,6,8,13H,5,7,9,16H2,1-3H3,(H,17,18). The van der Waals surface area contributed by atoms with Crippen molar-refractivity contribution < 1.29 is 9.53 Å². The van der Waals surface area contributed by atoms with Gasteiger partial charge >= 0.3 is 6.09 Å². The molecule has 19 heavy (non-hydrogen) atoms. The topological polar surface area (TPSA) is 64.3 Å². The van der Waals surface area contributed by atoms with Crippen LogP contribution >= 0.6 is 0 Å². The summed E-state index contributed by atoms with van der Waals surface area (Å²) in [4.78, 5) is 11.7. The Hall–Kier alpha value is -1.71. The van der Waals surface area contributed by atoms with Crippen molar-refractivity contribution in [1.29, 1.82) is 0 Å². The lowest BCUT2D eigenvalue weighted by atomic mass is 9.88. The average molecular weight is 262 g/mol. The maximum atomic E-state index is 11.7. The van der Waals surface area contributed by atoms with Gasteiger partial charge in [0.15, 0.2) is 0 Å². The molecule has 1 amide bonds. The smallest absolute Gasteiger partial charge is 0.407 e. The van der Waals surface area contributed by atoms with Crippen LogP contribution in [0.2, 0.25) is 0 Å². The fraction of sp³-hybridized carbons (Fsp3) is 0.533. The number of anilines is 1. The van der Waals surface area contributed by atoms with Crippen molar-refractivity contribution in [2.45, 2.75) is 51.7 Å². The van der Waals surface area contributed by atoms with Crippen LogP contribution in [0.25, 0.3) is 0 Å². The number of carbonyl (C=O) groups is 1. The number of benzene rings is 1. The Kier molecular flexibility index (Phi) is 3.69. The van der Waals surface area contributed by atoms with Gasteiger partial charge in [-0.2, -0.15) is 0 Å². The van der Waals surface area contributed by atoms with Crippen LogP contribution in [-0.4, -0.2) is 17.7 Å². The number of nitrogen functional groups attached to an aromatic ring is 1. The first-order chi connectivity index (χ1) is 8.83. The average Bonchev–Trinajstić information content (AvgIpc) is 2.25. The first-order valence-corrected chi connectivity index (χ1v) is 6.70. The Labute approximate surface area is 114 Å². The number of aryl methyl sites for hydroxylation is 1. The molecule has 1 aromatic rings. The fourth-order valence-corrected chi connectivity index (χ4v) is 2.37. The predicted octanol–water partition coefficient (Wildman–Crippen LogP) is 2.65. The Morgan fingerprint density at radius 3 is 2.79 bits per heavy atom. The van der Waals surface area contributed by atoms with Gasteiger partial charge < -0.3 is 15.8 Å². The number of fused-ring (bicyclic) bond motifs is 1. The van der Waals surface area contributed by atoms with Gasteiger partial charge in [-0.25, -0.2) is 4.79 Å². The highest BCUT2D eigenvalue weighted by molar-refractivity contribution is 5.68. The van der Waals surface area contributed by atoms with Gasteiger partial charge in [-0.15, -0.1) is 0 Å². The molecule has 1 aromatic carbocycles. The molecule has 0 saturated carbocycles. The van der Waals surface area contributed by atoms with Gasteiger partial charge in [-0.05, 0) is 63.3 Å². The summed E-state index contributed by atoms with van der Waals surface area (Å²) in [5.74, 6) is 0. The number of nitrogens with two attached hydrogens (primary N) is 1. The van der Waals surface area contributed by atoms with Gasteiger partial charge in [0.1, 0.15) is 5.60 Å². The van der Waals surface area contributed by atoms with E-state index in [0.29, 0.717) is 0 Å². The summed E-state index contributed by atoms with van der Waals surface area (Å²) in [6.45, 7) is 5.59. The van der Waals surface area contributed by atoms with Crippen LogP contribution in [0.15, 0.2) is 18.2 Å². The molecule has 2 rings (SSSR count). The number of amides is 1. The second kappa shape index (κ2) is 5.11. The zero-order valence-corrected chi connectivity index (χ0v) is 11.8. The van der Waals surface area contributed by atoms with Crippen LogP contribution < -0.4 is 11.1 Å². The third-order valence-corrected chi connectivity index (χ3v) is 3.18. The van der Waals surface area contributed by atoms with E-state index in [1.807, 2.05) is 32.9 Å². The van der Waals surface area contributed by atoms with E-state index in [-0.39, 0.29) is 12.1 Å². The van der Waals surface area contributed by atoms with Gasteiger partial charge in [-0.1, -0.05) is 6.07 Å². The van der Waals surface area contributed by atoms with Crippen molar-refractivity contribution in [3.63, 3.8) is 0 Å². The molecule has 0 aliphatic heterocycles. The number of alkyl carbamates (subject to hydrolysis) is 1. The van der Waals surface area contributed by atoms with E-state index in [1.54, 1.807) is 0 Å². The molecular weight excluding hydrogens is 240 g/mol. The molecule has 4 heteroatoms. The van der Waals surface area contributed by atoms with Gasteiger partial charge in [0.25, 0.3) is 0 Å². The maximum Gasteiger partial charge on any atom is 0.407 e. The minimum atomic E-state index is -0.457. The summed E-state index contributed by atoms with van der Waals surface area (Å²) in [5.41, 5.74) is 8.68. The summed E-state index contributed by atoms with van der Waals surface area (Å²) in [6.07, 6.45) is 2.39. The van der Waals surface area contributed by atoms with Crippen LogP contribution in [-0.2, 0) is 17.6 Å². The molecule has 3 N–H and O–H groups in total. The number of carbonyl (C=O) groups excluding carboxylic acids is 1. The summed E-state index contributed by atoms with van der Waals surface area (Å²) in [7, 11) is 0. The number of hydrogen-bond acceptors (Lipinski definition) is 3. The van der Waals surface area contributed by atoms with Crippen LogP contribution in [0.1, 0.15) is 38.3 Å². The summed E-state index contributed by atoms with van der Waals surface area (Å²) < 4.78 is 5.28. The van der Waals surface area contributed by atoms with Crippen molar-refractivity contribution in [3.05, 3.63) is 29.3 Å². The van der Waals surface area contributed by atoms with Crippen molar-refractivity contribution >= 4 is 11.8 Å². The minimum absolute atomic E-state index is 0.129. The van der Waals surface area contributed by atoms with E-state index in [0.717, 1.165) is 24.9 Å². The van der Waals surface area contributed by atoms with E-state index in [9.17, 15) is 4.79 Å². The quantitative estimate of drug-likeness (QED) is 0.765. The van der Waals surface area contributed by atoms with E-state index in [4.69, 9.17) is 10.5 Å². The number of rotatable bonds is 1. The summed E-state index contributed by atoms with van der Waals surface area (Å²) in [6, 6.07) is 6.14.